The Morgan fingerprint density at radius 2 is 1.85 bits per heavy atom. The lowest BCUT2D eigenvalue weighted by atomic mass is 9.97. The summed E-state index contributed by atoms with van der Waals surface area (Å²) < 4.78 is 0. The molecule has 1 fully saturated rings. The number of likely N-dealkylation sites (tertiary alicyclic amines) is 1. The third kappa shape index (κ3) is 5.01. The van der Waals surface area contributed by atoms with E-state index in [0.717, 1.165) is 29.7 Å². The zero-order chi connectivity index (χ0) is 19.4. The van der Waals surface area contributed by atoms with E-state index in [0.29, 0.717) is 23.8 Å². The second-order valence-corrected chi connectivity index (χ2v) is 7.45. The molecule has 3 rings (SSSR count). The van der Waals surface area contributed by atoms with E-state index >= 15 is 0 Å². The summed E-state index contributed by atoms with van der Waals surface area (Å²) in [6.07, 6.45) is 1.56. The van der Waals surface area contributed by atoms with Gasteiger partial charge in [-0.3, -0.25) is 4.79 Å². The van der Waals surface area contributed by atoms with E-state index in [4.69, 9.17) is 11.6 Å². The van der Waals surface area contributed by atoms with Crippen molar-refractivity contribution in [1.82, 2.24) is 4.90 Å². The van der Waals surface area contributed by atoms with E-state index in [2.05, 4.69) is 10.6 Å². The number of carbonyl (C=O) groups excluding carboxylic acids is 2. The number of anilines is 2. The fourth-order valence-corrected chi connectivity index (χ4v) is 3.40. The molecule has 3 amide bonds. The van der Waals surface area contributed by atoms with E-state index in [1.807, 2.05) is 50.2 Å². The van der Waals surface area contributed by atoms with Gasteiger partial charge in [-0.25, -0.2) is 4.79 Å². The van der Waals surface area contributed by atoms with Gasteiger partial charge in [-0.2, -0.15) is 0 Å². The van der Waals surface area contributed by atoms with Gasteiger partial charge in [-0.1, -0.05) is 29.8 Å². The monoisotopic (exact) mass is 385 g/mol. The van der Waals surface area contributed by atoms with Gasteiger partial charge in [0.2, 0.25) is 5.91 Å². The topological polar surface area (TPSA) is 61.4 Å². The van der Waals surface area contributed by atoms with Gasteiger partial charge in [-0.15, -0.1) is 0 Å². The van der Waals surface area contributed by atoms with Gasteiger partial charge in [0.15, 0.2) is 0 Å². The summed E-state index contributed by atoms with van der Waals surface area (Å²) >= 11 is 6.12. The maximum Gasteiger partial charge on any atom is 0.321 e. The van der Waals surface area contributed by atoms with Gasteiger partial charge in [0.25, 0.3) is 0 Å². The van der Waals surface area contributed by atoms with Crippen molar-refractivity contribution in [2.24, 2.45) is 5.92 Å². The van der Waals surface area contributed by atoms with Crippen LogP contribution in [0.1, 0.15) is 24.0 Å². The van der Waals surface area contributed by atoms with Gasteiger partial charge in [0.05, 0.1) is 5.92 Å². The number of aryl methyl sites for hydroxylation is 2. The summed E-state index contributed by atoms with van der Waals surface area (Å²) in [5.74, 6) is -0.315. The maximum absolute atomic E-state index is 12.6. The minimum atomic E-state index is -0.234. The Balaban J connectivity index is 1.60. The molecule has 1 unspecified atom stereocenters. The Morgan fingerprint density at radius 3 is 2.59 bits per heavy atom. The average molecular weight is 386 g/mol. The highest BCUT2D eigenvalue weighted by molar-refractivity contribution is 6.31. The van der Waals surface area contributed by atoms with Gasteiger partial charge >= 0.3 is 6.03 Å². The summed E-state index contributed by atoms with van der Waals surface area (Å²) in [5, 5.41) is 6.45. The summed E-state index contributed by atoms with van der Waals surface area (Å²) in [6, 6.07) is 13.0. The smallest absolute Gasteiger partial charge is 0.321 e. The Kier molecular flexibility index (Phi) is 6.01. The van der Waals surface area contributed by atoms with Gasteiger partial charge in [0.1, 0.15) is 0 Å². The number of benzene rings is 2. The lowest BCUT2D eigenvalue weighted by Gasteiger charge is -2.32. The molecule has 0 spiro atoms. The predicted octanol–water partition coefficient (Wildman–Crippen LogP) is 4.84. The molecule has 1 heterocycles. The quantitative estimate of drug-likeness (QED) is 0.794. The van der Waals surface area contributed by atoms with Crippen LogP contribution in [-0.2, 0) is 4.79 Å². The number of urea groups is 1. The van der Waals surface area contributed by atoms with Crippen molar-refractivity contribution < 1.29 is 9.59 Å². The van der Waals surface area contributed by atoms with Crippen LogP contribution < -0.4 is 10.6 Å². The third-order valence-electron chi connectivity index (χ3n) is 4.79. The number of halogens is 1. The van der Waals surface area contributed by atoms with E-state index in [1.54, 1.807) is 11.0 Å². The highest BCUT2D eigenvalue weighted by Crippen LogP contribution is 2.23. The predicted molar refractivity (Wildman–Crippen MR) is 109 cm³/mol. The minimum Gasteiger partial charge on any atom is -0.326 e. The van der Waals surface area contributed by atoms with Crippen LogP contribution in [0.5, 0.6) is 0 Å². The van der Waals surface area contributed by atoms with Crippen molar-refractivity contribution >= 4 is 34.9 Å². The molecule has 1 atom stereocenters. The van der Waals surface area contributed by atoms with E-state index < -0.39 is 0 Å². The van der Waals surface area contributed by atoms with Crippen LogP contribution in [0.25, 0.3) is 0 Å². The highest BCUT2D eigenvalue weighted by Gasteiger charge is 2.28. The summed E-state index contributed by atoms with van der Waals surface area (Å²) in [7, 11) is 0. The summed E-state index contributed by atoms with van der Waals surface area (Å²) in [5.41, 5.74) is 3.49. The molecule has 1 saturated heterocycles. The molecular formula is C21H24ClN3O2. The molecule has 1 aliphatic rings. The molecule has 1 aliphatic heterocycles. The second kappa shape index (κ2) is 8.44. The number of rotatable bonds is 3. The SMILES string of the molecule is Cc1cccc(NC(=O)N2CCCC(C(=O)Nc3ccc(C)c(Cl)c3)C2)c1. The van der Waals surface area contributed by atoms with Crippen molar-refractivity contribution in [3.8, 4) is 0 Å². The normalized spacial score (nSPS) is 16.7. The number of hydrogen-bond acceptors (Lipinski definition) is 2. The van der Waals surface area contributed by atoms with Crippen LogP contribution in [0.15, 0.2) is 42.5 Å². The van der Waals surface area contributed by atoms with Crippen LogP contribution in [0.3, 0.4) is 0 Å². The third-order valence-corrected chi connectivity index (χ3v) is 5.20. The second-order valence-electron chi connectivity index (χ2n) is 7.04. The van der Waals surface area contributed by atoms with Gasteiger partial charge < -0.3 is 15.5 Å². The van der Waals surface area contributed by atoms with Crippen LogP contribution >= 0.6 is 11.6 Å². The maximum atomic E-state index is 12.6. The van der Waals surface area contributed by atoms with E-state index in [-0.39, 0.29) is 17.9 Å². The number of nitrogens with one attached hydrogen (secondary N) is 2. The largest absolute Gasteiger partial charge is 0.326 e. The van der Waals surface area contributed by atoms with Gasteiger partial charge in [0, 0.05) is 29.5 Å². The minimum absolute atomic E-state index is 0.0806. The fourth-order valence-electron chi connectivity index (χ4n) is 3.22. The molecule has 0 bridgehead atoms. The standard InChI is InChI=1S/C21H24ClN3O2/c1-14-5-3-7-17(11-14)24-21(27)25-10-4-6-16(13-25)20(26)23-18-9-8-15(2)19(22)12-18/h3,5,7-9,11-12,16H,4,6,10,13H2,1-2H3,(H,23,26)(H,24,27). The average Bonchev–Trinajstić information content (AvgIpc) is 2.65. The first-order valence-corrected chi connectivity index (χ1v) is 9.50. The van der Waals surface area contributed by atoms with Crippen molar-refractivity contribution in [1.29, 1.82) is 0 Å². The van der Waals surface area contributed by atoms with Gasteiger partial charge in [-0.05, 0) is 62.1 Å². The fraction of sp³-hybridized carbons (Fsp3) is 0.333. The summed E-state index contributed by atoms with van der Waals surface area (Å²) in [4.78, 5) is 26.9. The zero-order valence-electron chi connectivity index (χ0n) is 15.6. The number of carbonyl (C=O) groups is 2. The Labute approximate surface area is 164 Å². The Morgan fingerprint density at radius 1 is 1.07 bits per heavy atom. The van der Waals surface area contributed by atoms with Crippen LogP contribution in [0.4, 0.5) is 16.2 Å². The highest BCUT2D eigenvalue weighted by atomic mass is 35.5. The first kappa shape index (κ1) is 19.2. The number of hydrogen-bond donors (Lipinski definition) is 2. The lowest BCUT2D eigenvalue weighted by Crippen LogP contribution is -2.45. The molecule has 27 heavy (non-hydrogen) atoms. The molecule has 142 valence electrons. The molecule has 2 N–H and O–H groups in total. The van der Waals surface area contributed by atoms with E-state index in [1.165, 1.54) is 0 Å². The van der Waals surface area contributed by atoms with E-state index in [9.17, 15) is 9.59 Å². The molecule has 2 aromatic rings. The van der Waals surface area contributed by atoms with Crippen molar-refractivity contribution in [2.75, 3.05) is 23.7 Å². The van der Waals surface area contributed by atoms with Crippen molar-refractivity contribution in [2.45, 2.75) is 26.7 Å². The molecule has 0 saturated carbocycles. The molecule has 2 aromatic carbocycles. The number of amides is 3. The molecule has 0 radical (unpaired) electrons. The number of piperidine rings is 1. The van der Waals surface area contributed by atoms with Crippen molar-refractivity contribution in [3.05, 3.63) is 58.6 Å². The first-order chi connectivity index (χ1) is 12.9. The molecule has 0 aliphatic carbocycles. The molecular weight excluding hydrogens is 362 g/mol. The molecule has 5 nitrogen and oxygen atoms in total. The van der Waals surface area contributed by atoms with Crippen LogP contribution in [0, 0.1) is 19.8 Å². The Hall–Kier alpha value is -2.53. The zero-order valence-corrected chi connectivity index (χ0v) is 16.3. The first-order valence-electron chi connectivity index (χ1n) is 9.12. The molecule has 0 aromatic heterocycles. The van der Waals surface area contributed by atoms with Crippen LogP contribution in [0.2, 0.25) is 5.02 Å². The number of nitrogens with zero attached hydrogens (tertiary/aromatic N) is 1. The Bertz CT molecular complexity index is 853. The lowest BCUT2D eigenvalue weighted by molar-refractivity contribution is -0.121. The van der Waals surface area contributed by atoms with Crippen LogP contribution in [-0.4, -0.2) is 29.9 Å². The summed E-state index contributed by atoms with van der Waals surface area (Å²) in [6.45, 7) is 4.95. The van der Waals surface area contributed by atoms with Crippen molar-refractivity contribution in [3.63, 3.8) is 0 Å². The molecule has 6 heteroatoms.